The second-order valence-corrected chi connectivity index (χ2v) is 6.22. The maximum absolute atomic E-state index is 11.5. The Kier molecular flexibility index (Phi) is 3.08. The van der Waals surface area contributed by atoms with Gasteiger partial charge in [-0.05, 0) is 19.1 Å². The molecule has 0 bridgehead atoms. The van der Waals surface area contributed by atoms with E-state index >= 15 is 0 Å². The molecule has 0 saturated heterocycles. The Morgan fingerprint density at radius 3 is 2.58 bits per heavy atom. The molecular weight excluding hydrogens is 264 g/mol. The second-order valence-electron chi connectivity index (χ2n) is 4.21. The van der Waals surface area contributed by atoms with Gasteiger partial charge in [-0.25, -0.2) is 8.42 Å². The molecule has 6 heteroatoms. The van der Waals surface area contributed by atoms with Crippen molar-refractivity contribution in [3.05, 3.63) is 35.4 Å². The average Bonchev–Trinajstić information content (AvgIpc) is 2.63. The molecule has 19 heavy (non-hydrogen) atoms. The monoisotopic (exact) mass is 276 g/mol. The summed E-state index contributed by atoms with van der Waals surface area (Å²) in [6.45, 7) is 1.71. The van der Waals surface area contributed by atoms with Crippen molar-refractivity contribution in [2.24, 2.45) is 0 Å². The number of benzene rings is 1. The first-order valence-corrected chi connectivity index (χ1v) is 7.33. The number of sulfone groups is 1. The summed E-state index contributed by atoms with van der Waals surface area (Å²) in [7, 11) is -3.29. The topological polar surface area (TPSA) is 97.1 Å². The molecule has 98 valence electrons. The molecule has 0 aliphatic heterocycles. The molecule has 0 aliphatic rings. The van der Waals surface area contributed by atoms with Crippen LogP contribution in [0.3, 0.4) is 0 Å². The number of nitriles is 1. The maximum atomic E-state index is 11.5. The molecule has 2 N–H and O–H groups in total. The van der Waals surface area contributed by atoms with E-state index in [2.05, 4.69) is 0 Å². The smallest absolute Gasteiger partial charge is 0.209 e. The lowest BCUT2D eigenvalue weighted by Crippen LogP contribution is -1.96. The molecule has 0 radical (unpaired) electrons. The van der Waals surface area contributed by atoms with Crippen molar-refractivity contribution in [1.29, 1.82) is 5.26 Å². The first kappa shape index (κ1) is 13.2. The van der Waals surface area contributed by atoms with E-state index in [4.69, 9.17) is 15.4 Å². The lowest BCUT2D eigenvalue weighted by atomic mass is 10.1. The van der Waals surface area contributed by atoms with Crippen molar-refractivity contribution in [2.75, 3.05) is 12.0 Å². The Morgan fingerprint density at radius 1 is 1.37 bits per heavy atom. The number of hydrogen-bond donors (Lipinski definition) is 1. The van der Waals surface area contributed by atoms with Gasteiger partial charge in [0.1, 0.15) is 17.4 Å². The van der Waals surface area contributed by atoms with E-state index < -0.39 is 9.84 Å². The Morgan fingerprint density at radius 2 is 2.05 bits per heavy atom. The maximum Gasteiger partial charge on any atom is 0.209 e. The van der Waals surface area contributed by atoms with Crippen molar-refractivity contribution in [1.82, 2.24) is 0 Å². The van der Waals surface area contributed by atoms with Crippen molar-refractivity contribution in [3.8, 4) is 17.4 Å². The third kappa shape index (κ3) is 2.33. The molecule has 0 atom stereocenters. The van der Waals surface area contributed by atoms with Crippen LogP contribution in [0.4, 0.5) is 5.88 Å². The highest BCUT2D eigenvalue weighted by atomic mass is 32.2. The van der Waals surface area contributed by atoms with Crippen LogP contribution in [0.2, 0.25) is 0 Å². The third-order valence-corrected chi connectivity index (χ3v) is 3.92. The highest BCUT2D eigenvalue weighted by Crippen LogP contribution is 2.32. The van der Waals surface area contributed by atoms with Crippen LogP contribution in [0.25, 0.3) is 11.3 Å². The number of furan rings is 1. The minimum absolute atomic E-state index is 0.0414. The van der Waals surface area contributed by atoms with Gasteiger partial charge >= 0.3 is 0 Å². The number of anilines is 1. The Bertz CT molecular complexity index is 783. The largest absolute Gasteiger partial charge is 0.439 e. The number of nitrogens with zero attached hydrogens (tertiary/aromatic N) is 1. The number of nitrogen functional groups attached to an aromatic ring is 1. The van der Waals surface area contributed by atoms with Gasteiger partial charge in [-0.1, -0.05) is 12.1 Å². The van der Waals surface area contributed by atoms with Crippen molar-refractivity contribution < 1.29 is 12.8 Å². The highest BCUT2D eigenvalue weighted by Gasteiger charge is 2.17. The molecule has 0 aliphatic carbocycles. The third-order valence-electron chi connectivity index (χ3n) is 2.81. The molecule has 0 spiro atoms. The zero-order valence-electron chi connectivity index (χ0n) is 10.5. The van der Waals surface area contributed by atoms with Crippen LogP contribution >= 0.6 is 0 Å². The fourth-order valence-electron chi connectivity index (χ4n) is 1.82. The molecule has 0 saturated carbocycles. The van der Waals surface area contributed by atoms with E-state index in [-0.39, 0.29) is 16.3 Å². The zero-order valence-corrected chi connectivity index (χ0v) is 11.3. The van der Waals surface area contributed by atoms with E-state index in [0.717, 1.165) is 6.26 Å². The number of rotatable bonds is 2. The van der Waals surface area contributed by atoms with Gasteiger partial charge in [-0.15, -0.1) is 0 Å². The lowest BCUT2D eigenvalue weighted by molar-refractivity contribution is 0.599. The summed E-state index contributed by atoms with van der Waals surface area (Å²) < 4.78 is 28.4. The SMILES string of the molecule is Cc1c(-c2cccc(S(C)(=O)=O)c2)oc(N)c1C#N. The molecule has 0 amide bonds. The quantitative estimate of drug-likeness (QED) is 0.906. The summed E-state index contributed by atoms with van der Waals surface area (Å²) >= 11 is 0. The molecule has 1 heterocycles. The minimum atomic E-state index is -3.29. The van der Waals surface area contributed by atoms with Gasteiger partial charge in [0.25, 0.3) is 0 Å². The van der Waals surface area contributed by atoms with Crippen molar-refractivity contribution in [2.45, 2.75) is 11.8 Å². The van der Waals surface area contributed by atoms with Gasteiger partial charge < -0.3 is 10.2 Å². The average molecular weight is 276 g/mol. The van der Waals surface area contributed by atoms with Crippen molar-refractivity contribution >= 4 is 15.7 Å². The van der Waals surface area contributed by atoms with Crippen LogP contribution in [-0.4, -0.2) is 14.7 Å². The molecule has 1 aromatic heterocycles. The predicted octanol–water partition coefficient (Wildman–Crippen LogP) is 2.11. The van der Waals surface area contributed by atoms with E-state index in [9.17, 15) is 8.42 Å². The van der Waals surface area contributed by atoms with E-state index in [0.29, 0.717) is 16.9 Å². The van der Waals surface area contributed by atoms with Crippen LogP contribution in [0.5, 0.6) is 0 Å². The zero-order chi connectivity index (χ0) is 14.2. The lowest BCUT2D eigenvalue weighted by Gasteiger charge is -2.02. The Balaban J connectivity index is 2.65. The van der Waals surface area contributed by atoms with Crippen LogP contribution in [0.1, 0.15) is 11.1 Å². The fraction of sp³-hybridized carbons (Fsp3) is 0.154. The molecule has 2 rings (SSSR count). The van der Waals surface area contributed by atoms with Gasteiger partial charge in [-0.2, -0.15) is 5.26 Å². The van der Waals surface area contributed by atoms with Crippen LogP contribution < -0.4 is 5.73 Å². The highest BCUT2D eigenvalue weighted by molar-refractivity contribution is 7.90. The summed E-state index contributed by atoms with van der Waals surface area (Å²) in [6, 6.07) is 8.30. The molecular formula is C13H12N2O3S. The van der Waals surface area contributed by atoms with Crippen LogP contribution in [-0.2, 0) is 9.84 Å². The van der Waals surface area contributed by atoms with Gasteiger partial charge in [0.15, 0.2) is 9.84 Å². The standard InChI is InChI=1S/C13H12N2O3S/c1-8-11(7-14)13(15)18-12(8)9-4-3-5-10(6-9)19(2,16)17/h3-6H,15H2,1-2H3. The summed E-state index contributed by atoms with van der Waals surface area (Å²) in [4.78, 5) is 0.192. The molecule has 1 aromatic carbocycles. The second kappa shape index (κ2) is 4.44. The summed E-state index contributed by atoms with van der Waals surface area (Å²) in [5, 5.41) is 8.96. The number of hydrogen-bond acceptors (Lipinski definition) is 5. The van der Waals surface area contributed by atoms with Crippen molar-refractivity contribution in [3.63, 3.8) is 0 Å². The van der Waals surface area contributed by atoms with Gasteiger partial charge in [0.05, 0.1) is 4.90 Å². The van der Waals surface area contributed by atoms with E-state index in [1.165, 1.54) is 12.1 Å². The molecule has 2 aromatic rings. The summed E-state index contributed by atoms with van der Waals surface area (Å²) in [6.07, 6.45) is 1.14. The van der Waals surface area contributed by atoms with Crippen LogP contribution in [0.15, 0.2) is 33.6 Å². The number of nitrogens with two attached hydrogens (primary N) is 1. The first-order valence-electron chi connectivity index (χ1n) is 5.44. The van der Waals surface area contributed by atoms with E-state index in [1.54, 1.807) is 19.1 Å². The Labute approximate surface area is 111 Å². The summed E-state index contributed by atoms with van der Waals surface area (Å²) in [5.41, 5.74) is 7.06. The van der Waals surface area contributed by atoms with Crippen LogP contribution in [0, 0.1) is 18.3 Å². The summed E-state index contributed by atoms with van der Waals surface area (Å²) in [5.74, 6) is 0.458. The predicted molar refractivity (Wildman–Crippen MR) is 71.1 cm³/mol. The van der Waals surface area contributed by atoms with Gasteiger partial charge in [-0.3, -0.25) is 0 Å². The minimum Gasteiger partial charge on any atom is -0.439 e. The van der Waals surface area contributed by atoms with E-state index in [1.807, 2.05) is 6.07 Å². The fourth-order valence-corrected chi connectivity index (χ4v) is 2.49. The molecule has 5 nitrogen and oxygen atoms in total. The normalized spacial score (nSPS) is 11.2. The Hall–Kier alpha value is -2.26. The molecule has 0 fully saturated rings. The van der Waals surface area contributed by atoms with Gasteiger partial charge in [0.2, 0.25) is 5.88 Å². The molecule has 0 unspecified atom stereocenters. The first-order chi connectivity index (χ1) is 8.84. The van der Waals surface area contributed by atoms with Gasteiger partial charge in [0, 0.05) is 17.4 Å².